The smallest absolute Gasteiger partial charge is 0.372 e. The molecule has 2 aliphatic rings. The minimum absolute atomic E-state index is 0.0579. The molecule has 3 unspecified atom stereocenters. The summed E-state index contributed by atoms with van der Waals surface area (Å²) in [6.07, 6.45) is -0.999. The Kier molecular flexibility index (Phi) is 6.76. The second-order valence-electron chi connectivity index (χ2n) is 10.7. The van der Waals surface area contributed by atoms with E-state index >= 15 is 0 Å². The SMILES string of the molecule is CC1(C2C(c3cccc(C(F)(F)F)c3)=Cc3ccccc32)CCOC(c2cc(Br)nn2Cc2ccccc2)C1. The van der Waals surface area contributed by atoms with Crippen LogP contribution in [0.3, 0.4) is 0 Å². The van der Waals surface area contributed by atoms with Crippen LogP contribution in [0.15, 0.2) is 89.5 Å². The first-order valence-electron chi connectivity index (χ1n) is 13.1. The summed E-state index contributed by atoms with van der Waals surface area (Å²) >= 11 is 3.55. The molecule has 0 amide bonds. The predicted octanol–water partition coefficient (Wildman–Crippen LogP) is 8.91. The molecule has 0 N–H and O–H groups in total. The van der Waals surface area contributed by atoms with Gasteiger partial charge in [0.05, 0.1) is 23.9 Å². The number of fused-ring (bicyclic) bond motifs is 1. The Morgan fingerprint density at radius 3 is 2.56 bits per heavy atom. The van der Waals surface area contributed by atoms with E-state index in [0.29, 0.717) is 18.7 Å². The van der Waals surface area contributed by atoms with E-state index < -0.39 is 11.7 Å². The highest BCUT2D eigenvalue weighted by Crippen LogP contribution is 2.58. The van der Waals surface area contributed by atoms with E-state index in [1.807, 2.05) is 41.1 Å². The van der Waals surface area contributed by atoms with Crippen molar-refractivity contribution in [2.45, 2.75) is 44.5 Å². The van der Waals surface area contributed by atoms with Crippen LogP contribution in [-0.2, 0) is 17.5 Å². The molecule has 0 bridgehead atoms. The van der Waals surface area contributed by atoms with Crippen LogP contribution in [-0.4, -0.2) is 16.4 Å². The maximum Gasteiger partial charge on any atom is 0.416 e. The van der Waals surface area contributed by atoms with Crippen LogP contribution in [0.2, 0.25) is 0 Å². The highest BCUT2D eigenvalue weighted by Gasteiger charge is 2.46. The summed E-state index contributed by atoms with van der Waals surface area (Å²) in [5.74, 6) is -0.0579. The molecule has 2 heterocycles. The van der Waals surface area contributed by atoms with Crippen LogP contribution in [0.25, 0.3) is 11.6 Å². The molecule has 3 nitrogen and oxygen atoms in total. The molecule has 200 valence electrons. The molecule has 1 aliphatic heterocycles. The molecule has 3 aromatic carbocycles. The fourth-order valence-corrected chi connectivity index (χ4v) is 6.64. The van der Waals surface area contributed by atoms with Crippen molar-refractivity contribution in [3.05, 3.63) is 123 Å². The Hall–Kier alpha value is -3.16. The Bertz CT molecular complexity index is 1530. The summed E-state index contributed by atoms with van der Waals surface area (Å²) in [6, 6.07) is 26.1. The van der Waals surface area contributed by atoms with Gasteiger partial charge in [-0.15, -0.1) is 0 Å². The van der Waals surface area contributed by atoms with Gasteiger partial charge in [0.2, 0.25) is 0 Å². The van der Waals surface area contributed by atoms with Gasteiger partial charge in [-0.25, -0.2) is 0 Å². The Morgan fingerprint density at radius 2 is 1.77 bits per heavy atom. The number of ether oxygens (including phenoxy) is 1. The van der Waals surface area contributed by atoms with E-state index in [0.717, 1.165) is 51.5 Å². The van der Waals surface area contributed by atoms with Crippen molar-refractivity contribution in [3.8, 4) is 0 Å². The quantitative estimate of drug-likeness (QED) is 0.231. The second-order valence-corrected chi connectivity index (χ2v) is 11.6. The van der Waals surface area contributed by atoms with Gasteiger partial charge in [-0.1, -0.05) is 79.7 Å². The molecule has 1 fully saturated rings. The number of nitrogens with zero attached hydrogens (tertiary/aromatic N) is 2. The van der Waals surface area contributed by atoms with E-state index in [1.165, 1.54) is 12.1 Å². The first kappa shape index (κ1) is 26.1. The molecule has 0 spiro atoms. The molecule has 1 saturated heterocycles. The van der Waals surface area contributed by atoms with E-state index in [1.54, 1.807) is 6.07 Å². The van der Waals surface area contributed by atoms with Crippen molar-refractivity contribution in [1.29, 1.82) is 0 Å². The summed E-state index contributed by atoms with van der Waals surface area (Å²) in [5.41, 5.74) is 5.05. The number of alkyl halides is 3. The van der Waals surface area contributed by atoms with Gasteiger partial charge in [0.25, 0.3) is 0 Å². The Labute approximate surface area is 234 Å². The lowest BCUT2D eigenvalue weighted by molar-refractivity contribution is -0.137. The van der Waals surface area contributed by atoms with Gasteiger partial charge in [-0.3, -0.25) is 4.68 Å². The van der Waals surface area contributed by atoms with E-state index in [9.17, 15) is 13.2 Å². The third kappa shape index (κ3) is 5.10. The second kappa shape index (κ2) is 10.1. The molecule has 0 radical (unpaired) electrons. The zero-order valence-electron chi connectivity index (χ0n) is 21.5. The van der Waals surface area contributed by atoms with Crippen LogP contribution in [0.1, 0.15) is 65.3 Å². The minimum Gasteiger partial charge on any atom is -0.372 e. The Balaban J connectivity index is 1.37. The molecule has 1 aromatic heterocycles. The zero-order valence-corrected chi connectivity index (χ0v) is 23.0. The predicted molar refractivity (Wildman–Crippen MR) is 150 cm³/mol. The largest absolute Gasteiger partial charge is 0.416 e. The first-order chi connectivity index (χ1) is 18.7. The van der Waals surface area contributed by atoms with Gasteiger partial charge >= 0.3 is 6.18 Å². The van der Waals surface area contributed by atoms with Gasteiger partial charge in [-0.05, 0) is 80.2 Å². The molecule has 0 saturated carbocycles. The first-order valence-corrected chi connectivity index (χ1v) is 13.9. The highest BCUT2D eigenvalue weighted by molar-refractivity contribution is 9.10. The van der Waals surface area contributed by atoms with E-state index in [4.69, 9.17) is 9.84 Å². The molecule has 39 heavy (non-hydrogen) atoms. The molecule has 1 aliphatic carbocycles. The van der Waals surface area contributed by atoms with Crippen molar-refractivity contribution in [3.63, 3.8) is 0 Å². The third-order valence-electron chi connectivity index (χ3n) is 8.08. The van der Waals surface area contributed by atoms with Gasteiger partial charge in [0, 0.05) is 12.5 Å². The lowest BCUT2D eigenvalue weighted by atomic mass is 9.64. The summed E-state index contributed by atoms with van der Waals surface area (Å²) in [7, 11) is 0. The van der Waals surface area contributed by atoms with Crippen molar-refractivity contribution in [2.24, 2.45) is 5.41 Å². The number of rotatable bonds is 5. The van der Waals surface area contributed by atoms with Gasteiger partial charge in [-0.2, -0.15) is 18.3 Å². The van der Waals surface area contributed by atoms with Crippen molar-refractivity contribution >= 4 is 27.6 Å². The lowest BCUT2D eigenvalue weighted by Crippen LogP contribution is -2.35. The molecular weight excluding hydrogens is 565 g/mol. The minimum atomic E-state index is -4.39. The van der Waals surface area contributed by atoms with Crippen LogP contribution in [0.4, 0.5) is 13.2 Å². The number of aromatic nitrogens is 2. The average molecular weight is 593 g/mol. The monoisotopic (exact) mass is 592 g/mol. The fourth-order valence-electron chi connectivity index (χ4n) is 6.21. The number of halogens is 4. The molecule has 6 rings (SSSR count). The highest BCUT2D eigenvalue weighted by atomic mass is 79.9. The van der Waals surface area contributed by atoms with Crippen LogP contribution in [0, 0.1) is 5.41 Å². The number of hydrogen-bond acceptors (Lipinski definition) is 2. The summed E-state index contributed by atoms with van der Waals surface area (Å²) in [4.78, 5) is 0. The number of benzene rings is 3. The summed E-state index contributed by atoms with van der Waals surface area (Å²) in [6.45, 7) is 3.44. The van der Waals surface area contributed by atoms with E-state index in [2.05, 4.69) is 53.2 Å². The van der Waals surface area contributed by atoms with Crippen molar-refractivity contribution in [1.82, 2.24) is 9.78 Å². The molecular formula is C32H28BrF3N2O. The van der Waals surface area contributed by atoms with Gasteiger partial charge in [0.1, 0.15) is 4.60 Å². The summed E-state index contributed by atoms with van der Waals surface area (Å²) < 4.78 is 50.0. The molecule has 4 aromatic rings. The average Bonchev–Trinajstić information content (AvgIpc) is 3.50. The van der Waals surface area contributed by atoms with Crippen LogP contribution < -0.4 is 0 Å². The van der Waals surface area contributed by atoms with Crippen molar-refractivity contribution < 1.29 is 17.9 Å². The number of allylic oxidation sites excluding steroid dienone is 1. The standard InChI is InChI=1S/C32H28BrF3N2O/c1-31(14-15-39-28(19-31)27-18-29(33)37-38(27)20-21-8-3-2-4-9-21)30-25-13-6-5-10-23(25)17-26(30)22-11-7-12-24(16-22)32(34,35)36/h2-13,16-18,28,30H,14-15,19-20H2,1H3. The van der Waals surface area contributed by atoms with Gasteiger partial charge < -0.3 is 4.74 Å². The van der Waals surface area contributed by atoms with Crippen LogP contribution in [0.5, 0.6) is 0 Å². The Morgan fingerprint density at radius 1 is 1.00 bits per heavy atom. The normalized spacial score (nSPS) is 22.9. The van der Waals surface area contributed by atoms with Gasteiger partial charge in [0.15, 0.2) is 0 Å². The summed E-state index contributed by atoms with van der Waals surface area (Å²) in [5, 5.41) is 4.69. The third-order valence-corrected chi connectivity index (χ3v) is 8.47. The van der Waals surface area contributed by atoms with E-state index in [-0.39, 0.29) is 17.4 Å². The van der Waals surface area contributed by atoms with Crippen LogP contribution >= 0.6 is 15.9 Å². The van der Waals surface area contributed by atoms with Crippen molar-refractivity contribution in [2.75, 3.05) is 6.61 Å². The lowest BCUT2D eigenvalue weighted by Gasteiger charge is -2.44. The molecule has 3 atom stereocenters. The molecule has 7 heteroatoms. The maximum absolute atomic E-state index is 13.6. The fraction of sp³-hybridized carbons (Fsp3) is 0.281. The topological polar surface area (TPSA) is 27.1 Å². The number of hydrogen-bond donors (Lipinski definition) is 0. The zero-order chi connectivity index (χ0) is 27.2. The maximum atomic E-state index is 13.6.